The van der Waals surface area contributed by atoms with Gasteiger partial charge in [0.2, 0.25) is 5.95 Å². The molecule has 4 aromatic heterocycles. The van der Waals surface area contributed by atoms with Crippen LogP contribution in [-0.4, -0.2) is 98.8 Å². The number of nitrogen functional groups attached to an aromatic ring is 2. The Bertz CT molecular complexity index is 1940. The maximum Gasteiger partial charge on any atom is 0.472 e. The zero-order valence-corrected chi connectivity index (χ0v) is 24.1. The summed E-state index contributed by atoms with van der Waals surface area (Å²) in [5.74, 6) is -0.332. The van der Waals surface area contributed by atoms with Gasteiger partial charge in [0.15, 0.2) is 47.4 Å². The first-order chi connectivity index (χ1) is 21.3. The molecule has 21 nitrogen and oxygen atoms in total. The molecule has 25 heteroatoms. The molecule has 0 amide bonds. The van der Waals surface area contributed by atoms with Gasteiger partial charge in [0.1, 0.15) is 36.3 Å². The van der Waals surface area contributed by atoms with Gasteiger partial charge in [0.25, 0.3) is 5.56 Å². The number of rotatable bonds is 2. The molecule has 45 heavy (non-hydrogen) atoms. The summed E-state index contributed by atoms with van der Waals surface area (Å²) < 4.78 is 91.3. The summed E-state index contributed by atoms with van der Waals surface area (Å²) in [7, 11) is -10.3. The maximum absolute atomic E-state index is 15.9. The van der Waals surface area contributed by atoms with Crippen LogP contribution in [0.1, 0.15) is 12.5 Å². The van der Waals surface area contributed by atoms with Gasteiger partial charge in [-0.25, -0.2) is 37.8 Å². The number of imidazole rings is 2. The van der Waals surface area contributed by atoms with E-state index >= 15 is 8.78 Å². The number of hydrogen-bond acceptors (Lipinski definition) is 16. The molecule has 3 aliphatic heterocycles. The lowest BCUT2D eigenvalue weighted by molar-refractivity contribution is -0.0662. The van der Waals surface area contributed by atoms with Crippen molar-refractivity contribution in [3.63, 3.8) is 0 Å². The van der Waals surface area contributed by atoms with Crippen molar-refractivity contribution >= 4 is 49.7 Å². The molecule has 7 unspecified atom stereocenters. The number of aromatic amines is 1. The maximum atomic E-state index is 15.9. The van der Waals surface area contributed by atoms with Crippen molar-refractivity contribution in [1.29, 1.82) is 0 Å². The third-order valence-electron chi connectivity index (χ3n) is 7.23. The van der Waals surface area contributed by atoms with E-state index in [0.717, 1.165) is 28.1 Å². The lowest BCUT2D eigenvalue weighted by Crippen LogP contribution is -2.37. The lowest BCUT2D eigenvalue weighted by Gasteiger charge is -2.27. The molecule has 7 rings (SSSR count). The predicted octanol–water partition coefficient (Wildman–Crippen LogP) is -0.387. The predicted molar refractivity (Wildman–Crippen MR) is 141 cm³/mol. The third kappa shape index (κ3) is 5.29. The fourth-order valence-corrected chi connectivity index (χ4v) is 7.16. The lowest BCUT2D eigenvalue weighted by atomic mass is 10.1. The van der Waals surface area contributed by atoms with Gasteiger partial charge in [0, 0.05) is 0 Å². The first-order valence-corrected chi connectivity index (χ1v) is 15.9. The second kappa shape index (κ2) is 10.8. The first kappa shape index (κ1) is 30.2. The molecule has 0 radical (unpaired) electrons. The van der Waals surface area contributed by atoms with E-state index in [0.29, 0.717) is 0 Å². The number of alkyl halides is 2. The van der Waals surface area contributed by atoms with Crippen molar-refractivity contribution in [2.45, 2.75) is 49.2 Å². The van der Waals surface area contributed by atoms with Crippen LogP contribution in [0, 0.1) is 0 Å². The molecule has 3 aliphatic rings. The fourth-order valence-electron chi connectivity index (χ4n) is 5.25. The smallest absolute Gasteiger partial charge is 0.382 e. The number of ether oxygens (including phenoxy) is 2. The van der Waals surface area contributed by atoms with Crippen molar-refractivity contribution in [2.75, 3.05) is 24.7 Å². The molecule has 0 spiro atoms. The summed E-state index contributed by atoms with van der Waals surface area (Å²) in [5.41, 5.74) is 10.4. The molecule has 10 atom stereocenters. The number of anilines is 2. The summed E-state index contributed by atoms with van der Waals surface area (Å²) in [4.78, 5) is 55.0. The highest BCUT2D eigenvalue weighted by Crippen LogP contribution is 2.54. The standard InChI is InChI=1S/C20H22F2N10O11P2/c21-8-12-6(40-18(8)31-4-27-10-14(23)25-3-26-15(10)31)1-38-45(36,37)43-13-7(2-39-44(34,35)42-12)41-19(9(13)22)32-5-28-11-16(32)29-20(24)30-17(11)33/h3-9,12-13,18-19H,1-2H2,(H,34,35)(H,36,37)(H2,23,25,26)(H3,24,29,30,33)/t6?,7?,8-,9-,12-,13?,18?,19?/m1/s1. The monoisotopic (exact) mass is 678 g/mol. The van der Waals surface area contributed by atoms with E-state index in [1.807, 2.05) is 0 Å². The zero-order chi connectivity index (χ0) is 31.8. The Morgan fingerprint density at radius 1 is 0.844 bits per heavy atom. The third-order valence-corrected chi connectivity index (χ3v) is 9.20. The highest BCUT2D eigenvalue weighted by Gasteiger charge is 2.55. The fraction of sp³-hybridized carbons (Fsp3) is 0.500. The highest BCUT2D eigenvalue weighted by molar-refractivity contribution is 7.47. The van der Waals surface area contributed by atoms with Crippen molar-refractivity contribution in [2.24, 2.45) is 0 Å². The Hall–Kier alpha value is -3.50. The molecule has 3 fully saturated rings. The minimum Gasteiger partial charge on any atom is -0.382 e. The van der Waals surface area contributed by atoms with Crippen molar-refractivity contribution in [3.05, 3.63) is 29.3 Å². The number of phosphoric ester groups is 2. The topological polar surface area (TPSA) is 289 Å². The van der Waals surface area contributed by atoms with Crippen LogP contribution in [-0.2, 0) is 36.7 Å². The molecular weight excluding hydrogens is 656 g/mol. The average Bonchev–Trinajstić information content (AvgIpc) is 3.72. The van der Waals surface area contributed by atoms with E-state index in [1.165, 1.54) is 0 Å². The van der Waals surface area contributed by atoms with E-state index in [9.17, 15) is 23.7 Å². The number of aromatic nitrogens is 8. The Morgan fingerprint density at radius 2 is 1.38 bits per heavy atom. The van der Waals surface area contributed by atoms with Gasteiger partial charge in [0.05, 0.1) is 25.9 Å². The summed E-state index contributed by atoms with van der Waals surface area (Å²) in [6.45, 7) is -1.89. The second-order valence-electron chi connectivity index (χ2n) is 10.0. The second-order valence-corrected chi connectivity index (χ2v) is 12.9. The molecule has 242 valence electrons. The molecular formula is C20H22F2N10O11P2. The van der Waals surface area contributed by atoms with Gasteiger partial charge >= 0.3 is 15.6 Å². The van der Waals surface area contributed by atoms with E-state index in [1.54, 1.807) is 0 Å². The van der Waals surface area contributed by atoms with Crippen LogP contribution < -0.4 is 17.0 Å². The molecule has 0 saturated carbocycles. The van der Waals surface area contributed by atoms with Gasteiger partial charge in [-0.15, -0.1) is 0 Å². The number of nitrogens with zero attached hydrogens (tertiary/aromatic N) is 7. The van der Waals surface area contributed by atoms with E-state index in [2.05, 4.69) is 29.9 Å². The van der Waals surface area contributed by atoms with Crippen LogP contribution in [0.25, 0.3) is 22.3 Å². The minimum atomic E-state index is -5.18. The number of hydrogen-bond donors (Lipinski definition) is 5. The molecule has 7 N–H and O–H groups in total. The SMILES string of the molecule is Nc1nc2c(ncn2C2OC3COP(=O)(O)O[C@@H]4C(COP(=O)(O)OC3[C@H]2F)OC(n2cnc3c(N)ncnc32)[C@@H]4F)c(=O)[nH]1. The largest absolute Gasteiger partial charge is 0.472 e. The molecule has 4 aromatic rings. The van der Waals surface area contributed by atoms with Crippen LogP contribution >= 0.6 is 15.6 Å². The zero-order valence-electron chi connectivity index (χ0n) is 22.3. The highest BCUT2D eigenvalue weighted by atomic mass is 31.2. The van der Waals surface area contributed by atoms with Gasteiger partial charge in [-0.2, -0.15) is 4.98 Å². The molecule has 3 saturated heterocycles. The number of H-pyrrole nitrogens is 1. The Kier molecular flexibility index (Phi) is 7.24. The van der Waals surface area contributed by atoms with Crippen LogP contribution in [0.2, 0.25) is 0 Å². The quantitative estimate of drug-likeness (QED) is 0.169. The van der Waals surface area contributed by atoms with Crippen LogP contribution in [0.15, 0.2) is 23.8 Å². The van der Waals surface area contributed by atoms with E-state index in [4.69, 9.17) is 39.0 Å². The van der Waals surface area contributed by atoms with Gasteiger partial charge in [-0.1, -0.05) is 0 Å². The number of nitrogens with two attached hydrogens (primary N) is 2. The van der Waals surface area contributed by atoms with Crippen LogP contribution in [0.3, 0.4) is 0 Å². The Morgan fingerprint density at radius 3 is 1.96 bits per heavy atom. The van der Waals surface area contributed by atoms with Crippen LogP contribution in [0.4, 0.5) is 20.5 Å². The normalized spacial score (nSPS) is 37.7. The first-order valence-electron chi connectivity index (χ1n) is 12.9. The van der Waals surface area contributed by atoms with Gasteiger partial charge in [-0.3, -0.25) is 37.0 Å². The summed E-state index contributed by atoms with van der Waals surface area (Å²) >= 11 is 0. The number of phosphoric acid groups is 2. The summed E-state index contributed by atoms with van der Waals surface area (Å²) in [6.07, 6.45) is -11.7. The minimum absolute atomic E-state index is 0.0127. The Labute approximate surface area is 247 Å². The van der Waals surface area contributed by atoms with E-state index in [-0.39, 0.29) is 34.1 Å². The number of fused-ring (bicyclic) bond motifs is 4. The van der Waals surface area contributed by atoms with Crippen LogP contribution in [0.5, 0.6) is 0 Å². The summed E-state index contributed by atoms with van der Waals surface area (Å²) in [6, 6.07) is 0. The van der Waals surface area contributed by atoms with Crippen molar-refractivity contribution in [3.8, 4) is 0 Å². The molecule has 0 aromatic carbocycles. The van der Waals surface area contributed by atoms with Gasteiger partial charge < -0.3 is 30.7 Å². The number of nitrogens with one attached hydrogen (secondary N) is 1. The Balaban J connectivity index is 1.17. The molecule has 0 aliphatic carbocycles. The van der Waals surface area contributed by atoms with Crippen molar-refractivity contribution in [1.82, 2.24) is 39.0 Å². The van der Waals surface area contributed by atoms with E-state index < -0.39 is 83.6 Å². The average molecular weight is 678 g/mol. The van der Waals surface area contributed by atoms with Crippen molar-refractivity contribution < 1.29 is 55.3 Å². The molecule has 0 bridgehead atoms. The number of halogens is 2. The summed E-state index contributed by atoms with van der Waals surface area (Å²) in [5, 5.41) is 0. The van der Waals surface area contributed by atoms with Gasteiger partial charge in [-0.05, 0) is 0 Å². The molecule has 7 heterocycles.